The van der Waals surface area contributed by atoms with E-state index in [1.165, 1.54) is 0 Å². The van der Waals surface area contributed by atoms with Crippen molar-refractivity contribution in [3.8, 4) is 0 Å². The van der Waals surface area contributed by atoms with E-state index in [0.717, 1.165) is 16.7 Å². The molecule has 3 aromatic rings. The molecule has 0 saturated heterocycles. The van der Waals surface area contributed by atoms with E-state index in [4.69, 9.17) is 11.6 Å². The summed E-state index contributed by atoms with van der Waals surface area (Å²) in [6.07, 6.45) is 5.87. The number of nitrogens with one attached hydrogen (secondary N) is 1. The Bertz CT molecular complexity index is 779. The number of halogens is 1. The van der Waals surface area contributed by atoms with E-state index in [1.54, 1.807) is 13.4 Å². The van der Waals surface area contributed by atoms with Crippen molar-refractivity contribution in [3.05, 3.63) is 53.6 Å². The quantitative estimate of drug-likeness (QED) is 0.752. The Morgan fingerprint density at radius 2 is 2.05 bits per heavy atom. The van der Waals surface area contributed by atoms with Gasteiger partial charge in [0.2, 0.25) is 5.28 Å². The highest BCUT2D eigenvalue weighted by molar-refractivity contribution is 6.28. The molecule has 0 fully saturated rings. The van der Waals surface area contributed by atoms with Crippen molar-refractivity contribution in [2.24, 2.45) is 0 Å². The zero-order chi connectivity index (χ0) is 14.7. The third-order valence-corrected chi connectivity index (χ3v) is 3.25. The van der Waals surface area contributed by atoms with E-state index in [1.807, 2.05) is 22.8 Å². The number of nitrogens with zero attached hydrogens (tertiary/aromatic N) is 4. The SMILES string of the molecule is CNc1nc(Cl)nc2c1ncn2CC=Cc1ccccc1. The van der Waals surface area contributed by atoms with Crippen molar-refractivity contribution in [2.75, 3.05) is 12.4 Å². The molecule has 6 heteroatoms. The standard InChI is InChI=1S/C15H14ClN5/c1-17-13-12-14(20-15(16)19-13)21(10-18-12)9-5-8-11-6-3-2-4-7-11/h2-8,10H,9H2,1H3,(H,17,19,20). The number of anilines is 1. The molecule has 0 aliphatic rings. The first kappa shape index (κ1) is 13.6. The lowest BCUT2D eigenvalue weighted by molar-refractivity contribution is 0.839. The van der Waals surface area contributed by atoms with Crippen LogP contribution in [0, 0.1) is 0 Å². The molecule has 0 spiro atoms. The van der Waals surface area contributed by atoms with Crippen molar-refractivity contribution in [2.45, 2.75) is 6.54 Å². The fourth-order valence-corrected chi connectivity index (χ4v) is 2.26. The van der Waals surface area contributed by atoms with Crippen molar-refractivity contribution in [1.29, 1.82) is 0 Å². The molecule has 5 nitrogen and oxygen atoms in total. The topological polar surface area (TPSA) is 55.6 Å². The van der Waals surface area contributed by atoms with E-state index in [0.29, 0.717) is 12.4 Å². The van der Waals surface area contributed by atoms with Crippen molar-refractivity contribution < 1.29 is 0 Å². The Labute approximate surface area is 127 Å². The molecule has 0 aliphatic carbocycles. The lowest BCUT2D eigenvalue weighted by Gasteiger charge is -2.02. The van der Waals surface area contributed by atoms with Gasteiger partial charge in [0.05, 0.1) is 6.33 Å². The molecule has 0 atom stereocenters. The fourth-order valence-electron chi connectivity index (χ4n) is 2.09. The number of hydrogen-bond donors (Lipinski definition) is 1. The first-order valence-electron chi connectivity index (χ1n) is 6.55. The first-order valence-corrected chi connectivity index (χ1v) is 6.93. The maximum absolute atomic E-state index is 5.94. The van der Waals surface area contributed by atoms with Gasteiger partial charge in [0.25, 0.3) is 0 Å². The van der Waals surface area contributed by atoms with Crippen LogP contribution in [0.5, 0.6) is 0 Å². The predicted octanol–water partition coefficient (Wildman–Crippen LogP) is 3.23. The molecule has 0 radical (unpaired) electrons. The molecule has 2 aromatic heterocycles. The van der Waals surface area contributed by atoms with Crippen molar-refractivity contribution >= 4 is 34.7 Å². The van der Waals surface area contributed by atoms with Crippen LogP contribution in [0.4, 0.5) is 5.82 Å². The van der Waals surface area contributed by atoms with Crippen LogP contribution >= 0.6 is 11.6 Å². The molecule has 2 heterocycles. The van der Waals surface area contributed by atoms with Crippen LogP contribution < -0.4 is 5.32 Å². The van der Waals surface area contributed by atoms with Crippen LogP contribution in [0.3, 0.4) is 0 Å². The third kappa shape index (κ3) is 2.87. The molecular formula is C15H14ClN5. The van der Waals surface area contributed by atoms with Crippen molar-refractivity contribution in [3.63, 3.8) is 0 Å². The number of rotatable bonds is 4. The summed E-state index contributed by atoms with van der Waals surface area (Å²) in [5, 5.41) is 3.19. The van der Waals surface area contributed by atoms with Gasteiger partial charge in [-0.2, -0.15) is 9.97 Å². The largest absolute Gasteiger partial charge is 0.371 e. The normalized spacial score (nSPS) is 11.3. The minimum Gasteiger partial charge on any atom is -0.371 e. The Kier molecular flexibility index (Phi) is 3.83. The average molecular weight is 300 g/mol. The van der Waals surface area contributed by atoms with Gasteiger partial charge in [0.1, 0.15) is 0 Å². The Morgan fingerprint density at radius 3 is 2.81 bits per heavy atom. The van der Waals surface area contributed by atoms with E-state index in [-0.39, 0.29) is 5.28 Å². The Balaban J connectivity index is 1.88. The van der Waals surface area contributed by atoms with E-state index in [2.05, 4.69) is 44.6 Å². The number of allylic oxidation sites excluding steroid dienone is 1. The highest BCUT2D eigenvalue weighted by atomic mass is 35.5. The van der Waals surface area contributed by atoms with Crippen LogP contribution in [-0.2, 0) is 6.54 Å². The molecule has 3 rings (SSSR count). The first-order chi connectivity index (χ1) is 10.3. The number of fused-ring (bicyclic) bond motifs is 1. The third-order valence-electron chi connectivity index (χ3n) is 3.09. The molecule has 0 aliphatic heterocycles. The zero-order valence-corrected chi connectivity index (χ0v) is 12.2. The Morgan fingerprint density at radius 1 is 1.24 bits per heavy atom. The van der Waals surface area contributed by atoms with Gasteiger partial charge < -0.3 is 9.88 Å². The van der Waals surface area contributed by atoms with Gasteiger partial charge in [-0.15, -0.1) is 0 Å². The predicted molar refractivity (Wildman–Crippen MR) is 85.4 cm³/mol. The second-order valence-electron chi connectivity index (χ2n) is 4.47. The van der Waals surface area contributed by atoms with E-state index < -0.39 is 0 Å². The highest BCUT2D eigenvalue weighted by Crippen LogP contribution is 2.20. The Hall–Kier alpha value is -2.40. The van der Waals surface area contributed by atoms with E-state index in [9.17, 15) is 0 Å². The molecule has 106 valence electrons. The zero-order valence-electron chi connectivity index (χ0n) is 11.5. The van der Waals surface area contributed by atoms with Gasteiger partial charge in [0.15, 0.2) is 17.0 Å². The van der Waals surface area contributed by atoms with Crippen LogP contribution in [0.25, 0.3) is 17.2 Å². The van der Waals surface area contributed by atoms with Crippen molar-refractivity contribution in [1.82, 2.24) is 19.5 Å². The van der Waals surface area contributed by atoms with Crippen LogP contribution in [0.1, 0.15) is 5.56 Å². The minimum absolute atomic E-state index is 0.209. The fraction of sp³-hybridized carbons (Fsp3) is 0.133. The summed E-state index contributed by atoms with van der Waals surface area (Å²) < 4.78 is 1.93. The number of benzene rings is 1. The lowest BCUT2D eigenvalue weighted by Crippen LogP contribution is -1.99. The van der Waals surface area contributed by atoms with Crippen LogP contribution in [0.15, 0.2) is 42.7 Å². The van der Waals surface area contributed by atoms with Gasteiger partial charge in [-0.3, -0.25) is 0 Å². The molecule has 0 bridgehead atoms. The van der Waals surface area contributed by atoms with Gasteiger partial charge in [0, 0.05) is 13.6 Å². The number of hydrogen-bond acceptors (Lipinski definition) is 4. The minimum atomic E-state index is 0.209. The average Bonchev–Trinajstić information content (AvgIpc) is 2.90. The highest BCUT2D eigenvalue weighted by Gasteiger charge is 2.10. The summed E-state index contributed by atoms with van der Waals surface area (Å²) >= 11 is 5.94. The summed E-state index contributed by atoms with van der Waals surface area (Å²) in [7, 11) is 1.78. The molecule has 1 N–H and O–H groups in total. The molecule has 0 amide bonds. The van der Waals surface area contributed by atoms with Gasteiger partial charge in [-0.25, -0.2) is 4.98 Å². The van der Waals surface area contributed by atoms with Gasteiger partial charge in [-0.1, -0.05) is 42.5 Å². The maximum atomic E-state index is 5.94. The lowest BCUT2D eigenvalue weighted by atomic mass is 10.2. The number of imidazole rings is 1. The van der Waals surface area contributed by atoms with E-state index >= 15 is 0 Å². The van der Waals surface area contributed by atoms with Gasteiger partial charge in [-0.05, 0) is 17.2 Å². The molecule has 0 saturated carbocycles. The summed E-state index contributed by atoms with van der Waals surface area (Å²) in [6.45, 7) is 0.669. The summed E-state index contributed by atoms with van der Waals surface area (Å²) in [4.78, 5) is 12.7. The summed E-state index contributed by atoms with van der Waals surface area (Å²) in [5.74, 6) is 0.635. The maximum Gasteiger partial charge on any atom is 0.226 e. The van der Waals surface area contributed by atoms with Crippen LogP contribution in [-0.4, -0.2) is 26.6 Å². The van der Waals surface area contributed by atoms with Gasteiger partial charge >= 0.3 is 0 Å². The number of aromatic nitrogens is 4. The monoisotopic (exact) mass is 299 g/mol. The van der Waals surface area contributed by atoms with Crippen LogP contribution in [0.2, 0.25) is 5.28 Å². The smallest absolute Gasteiger partial charge is 0.226 e. The molecule has 1 aromatic carbocycles. The summed E-state index contributed by atoms with van der Waals surface area (Å²) in [5.41, 5.74) is 2.59. The second kappa shape index (κ2) is 5.93. The second-order valence-corrected chi connectivity index (χ2v) is 4.81. The molecular weight excluding hydrogens is 286 g/mol. The molecule has 21 heavy (non-hydrogen) atoms. The summed E-state index contributed by atoms with van der Waals surface area (Å²) in [6, 6.07) is 10.1. The molecule has 0 unspecified atom stereocenters.